The molecule has 2 heteroatoms. The minimum absolute atomic E-state index is 1.11. The van der Waals surface area contributed by atoms with Crippen LogP contribution >= 0.6 is 0 Å². The summed E-state index contributed by atoms with van der Waals surface area (Å²) in [4.78, 5) is 4.60. The molecule has 0 atom stereocenters. The molecule has 0 heterocycles. The number of rotatable bonds is 8. The summed E-state index contributed by atoms with van der Waals surface area (Å²) in [6.45, 7) is 8.22. The van der Waals surface area contributed by atoms with E-state index >= 15 is 0 Å². The molecule has 2 nitrogen and oxygen atoms in total. The van der Waals surface area contributed by atoms with Gasteiger partial charge in [-0.1, -0.05) is 91.5 Å². The molecule has 0 aliphatic rings. The third-order valence-electron chi connectivity index (χ3n) is 7.60. The number of hydrogen-bond donors (Lipinski definition) is 0. The standard InChI is InChI=1S/C40H34N2/c1-4-32-18-27-40(29-31(32)3)42(36-15-9-6-10-16-36)38-25-21-34(22-26-38)33-19-23-37(24-20-33)41(35-13-7-5-8-14-35)39-17-11-12-30(2)28-39/h4-29H,1H2,2-3H3. The summed E-state index contributed by atoms with van der Waals surface area (Å²) in [5.41, 5.74) is 12.7. The van der Waals surface area contributed by atoms with E-state index in [1.165, 1.54) is 22.3 Å². The van der Waals surface area contributed by atoms with Crippen molar-refractivity contribution < 1.29 is 0 Å². The van der Waals surface area contributed by atoms with Crippen LogP contribution in [-0.2, 0) is 0 Å². The van der Waals surface area contributed by atoms with Crippen LogP contribution in [0.5, 0.6) is 0 Å². The van der Waals surface area contributed by atoms with Crippen molar-refractivity contribution >= 4 is 40.2 Å². The van der Waals surface area contributed by atoms with Crippen LogP contribution in [0.3, 0.4) is 0 Å². The van der Waals surface area contributed by atoms with Gasteiger partial charge in [0.15, 0.2) is 0 Å². The zero-order chi connectivity index (χ0) is 28.9. The largest absolute Gasteiger partial charge is 0.310 e. The topological polar surface area (TPSA) is 6.48 Å². The van der Waals surface area contributed by atoms with Crippen LogP contribution in [0.1, 0.15) is 16.7 Å². The Morgan fingerprint density at radius 1 is 0.429 bits per heavy atom. The molecule has 6 rings (SSSR count). The third kappa shape index (κ3) is 5.61. The van der Waals surface area contributed by atoms with Crippen molar-refractivity contribution in [2.24, 2.45) is 0 Å². The highest BCUT2D eigenvalue weighted by molar-refractivity contribution is 5.81. The first-order valence-electron chi connectivity index (χ1n) is 14.3. The molecule has 0 unspecified atom stereocenters. The first-order chi connectivity index (χ1) is 20.6. The Kier molecular flexibility index (Phi) is 7.70. The molecule has 6 aromatic carbocycles. The van der Waals surface area contributed by atoms with Crippen molar-refractivity contribution in [2.75, 3.05) is 9.80 Å². The van der Waals surface area contributed by atoms with Gasteiger partial charge in [0.25, 0.3) is 0 Å². The van der Waals surface area contributed by atoms with Crippen molar-refractivity contribution in [1.82, 2.24) is 0 Å². The molecule has 6 aromatic rings. The molecule has 0 aliphatic carbocycles. The fourth-order valence-corrected chi connectivity index (χ4v) is 5.45. The summed E-state index contributed by atoms with van der Waals surface area (Å²) >= 11 is 0. The van der Waals surface area contributed by atoms with Crippen molar-refractivity contribution in [3.63, 3.8) is 0 Å². The Morgan fingerprint density at radius 2 is 0.857 bits per heavy atom. The Morgan fingerprint density at radius 3 is 1.31 bits per heavy atom. The lowest BCUT2D eigenvalue weighted by atomic mass is 10.0. The molecule has 0 aromatic heterocycles. The number of nitrogens with zero attached hydrogens (tertiary/aromatic N) is 2. The van der Waals surface area contributed by atoms with E-state index in [0.717, 1.165) is 39.7 Å². The molecule has 42 heavy (non-hydrogen) atoms. The summed E-state index contributed by atoms with van der Waals surface area (Å²) in [7, 11) is 0. The van der Waals surface area contributed by atoms with Crippen molar-refractivity contribution in [2.45, 2.75) is 13.8 Å². The van der Waals surface area contributed by atoms with Crippen molar-refractivity contribution in [3.8, 4) is 11.1 Å². The Balaban J connectivity index is 1.32. The van der Waals surface area contributed by atoms with Gasteiger partial charge in [-0.2, -0.15) is 0 Å². The van der Waals surface area contributed by atoms with Crippen molar-refractivity contribution in [1.29, 1.82) is 0 Å². The predicted molar refractivity (Wildman–Crippen MR) is 181 cm³/mol. The van der Waals surface area contributed by atoms with E-state index in [4.69, 9.17) is 0 Å². The lowest BCUT2D eigenvalue weighted by Gasteiger charge is -2.26. The average molecular weight is 543 g/mol. The second kappa shape index (κ2) is 12.0. The molecule has 0 radical (unpaired) electrons. The van der Waals surface area contributed by atoms with Gasteiger partial charge in [-0.15, -0.1) is 0 Å². The highest BCUT2D eigenvalue weighted by Gasteiger charge is 2.15. The van der Waals surface area contributed by atoms with Gasteiger partial charge in [0.2, 0.25) is 0 Å². The van der Waals surface area contributed by atoms with Crippen LogP contribution in [-0.4, -0.2) is 0 Å². The summed E-state index contributed by atoms with van der Waals surface area (Å²) < 4.78 is 0. The van der Waals surface area contributed by atoms with E-state index in [1.54, 1.807) is 0 Å². The first kappa shape index (κ1) is 26.9. The maximum absolute atomic E-state index is 3.95. The van der Waals surface area contributed by atoms with Gasteiger partial charge in [0.1, 0.15) is 0 Å². The fourth-order valence-electron chi connectivity index (χ4n) is 5.45. The second-order valence-corrected chi connectivity index (χ2v) is 10.5. The van der Waals surface area contributed by atoms with Crippen LogP contribution < -0.4 is 9.80 Å². The summed E-state index contributed by atoms with van der Waals surface area (Å²) in [5.74, 6) is 0. The van der Waals surface area contributed by atoms with E-state index in [0.29, 0.717) is 0 Å². The Bertz CT molecular complexity index is 1790. The molecule has 0 bridgehead atoms. The molecular formula is C40H34N2. The van der Waals surface area contributed by atoms with E-state index < -0.39 is 0 Å². The van der Waals surface area contributed by atoms with E-state index in [2.05, 4.69) is 182 Å². The second-order valence-electron chi connectivity index (χ2n) is 10.5. The molecular weight excluding hydrogens is 508 g/mol. The lowest BCUT2D eigenvalue weighted by Crippen LogP contribution is -2.10. The van der Waals surface area contributed by atoms with Gasteiger partial charge in [0, 0.05) is 34.1 Å². The number of benzene rings is 6. The van der Waals surface area contributed by atoms with Gasteiger partial charge in [0.05, 0.1) is 0 Å². The third-order valence-corrected chi connectivity index (χ3v) is 7.60. The average Bonchev–Trinajstić information content (AvgIpc) is 3.03. The summed E-state index contributed by atoms with van der Waals surface area (Å²) in [6, 6.07) is 53.9. The summed E-state index contributed by atoms with van der Waals surface area (Å²) in [6.07, 6.45) is 1.91. The minimum Gasteiger partial charge on any atom is -0.310 e. The number of aryl methyl sites for hydroxylation is 2. The van der Waals surface area contributed by atoms with E-state index in [9.17, 15) is 0 Å². The van der Waals surface area contributed by atoms with Gasteiger partial charge in [-0.05, 0) is 114 Å². The van der Waals surface area contributed by atoms with Crippen LogP contribution in [0.2, 0.25) is 0 Å². The van der Waals surface area contributed by atoms with Crippen molar-refractivity contribution in [3.05, 3.63) is 175 Å². The van der Waals surface area contributed by atoms with E-state index in [-0.39, 0.29) is 0 Å². The lowest BCUT2D eigenvalue weighted by molar-refractivity contribution is 1.27. The molecule has 0 saturated heterocycles. The van der Waals surface area contributed by atoms with Gasteiger partial charge in [-0.25, -0.2) is 0 Å². The number of hydrogen-bond acceptors (Lipinski definition) is 2. The van der Waals surface area contributed by atoms with Crippen LogP contribution in [0.4, 0.5) is 34.1 Å². The maximum Gasteiger partial charge on any atom is 0.0464 e. The minimum atomic E-state index is 1.11. The quantitative estimate of drug-likeness (QED) is 0.189. The van der Waals surface area contributed by atoms with Crippen LogP contribution in [0.15, 0.2) is 158 Å². The Hall–Kier alpha value is -5.34. The predicted octanol–water partition coefficient (Wildman–Crippen LogP) is 11.6. The van der Waals surface area contributed by atoms with E-state index in [1.807, 2.05) is 6.08 Å². The van der Waals surface area contributed by atoms with Gasteiger partial charge in [-0.3, -0.25) is 0 Å². The summed E-state index contributed by atoms with van der Waals surface area (Å²) in [5, 5.41) is 0. The highest BCUT2D eigenvalue weighted by Crippen LogP contribution is 2.38. The molecule has 0 amide bonds. The molecule has 0 N–H and O–H groups in total. The zero-order valence-electron chi connectivity index (χ0n) is 24.1. The monoisotopic (exact) mass is 542 g/mol. The van der Waals surface area contributed by atoms with Crippen LogP contribution in [0, 0.1) is 13.8 Å². The first-order valence-corrected chi connectivity index (χ1v) is 14.3. The zero-order valence-corrected chi connectivity index (χ0v) is 24.1. The molecule has 0 saturated carbocycles. The van der Waals surface area contributed by atoms with Gasteiger partial charge >= 0.3 is 0 Å². The SMILES string of the molecule is C=Cc1ccc(N(c2ccccc2)c2ccc(-c3ccc(N(c4ccccc4)c4cccc(C)c4)cc3)cc2)cc1C. The number of anilines is 6. The molecule has 0 aliphatic heterocycles. The molecule has 0 fully saturated rings. The maximum atomic E-state index is 3.95. The fraction of sp³-hybridized carbons (Fsp3) is 0.0500. The molecule has 204 valence electrons. The highest BCUT2D eigenvalue weighted by atomic mass is 15.1. The number of para-hydroxylation sites is 2. The smallest absolute Gasteiger partial charge is 0.0464 e. The molecule has 0 spiro atoms. The Labute approximate surface area is 249 Å². The normalized spacial score (nSPS) is 10.7. The van der Waals surface area contributed by atoms with Gasteiger partial charge < -0.3 is 9.80 Å². The van der Waals surface area contributed by atoms with Crippen LogP contribution in [0.25, 0.3) is 17.2 Å².